The van der Waals surface area contributed by atoms with Gasteiger partial charge in [0.15, 0.2) is 0 Å². The number of alkyl halides is 4. The van der Waals surface area contributed by atoms with Crippen molar-refractivity contribution in [3.8, 4) is 5.75 Å². The number of aliphatic hydroxyl groups is 2. The number of benzene rings is 1. The van der Waals surface area contributed by atoms with Crippen molar-refractivity contribution in [2.75, 3.05) is 5.88 Å². The van der Waals surface area contributed by atoms with Gasteiger partial charge < -0.3 is 20.1 Å². The summed E-state index contributed by atoms with van der Waals surface area (Å²) in [7, 11) is 0. The predicted molar refractivity (Wildman–Crippen MR) is 61.8 cm³/mol. The molecule has 1 aromatic carbocycles. The maximum atomic E-state index is 12.1. The average molecular weight is 315 g/mol. The van der Waals surface area contributed by atoms with E-state index in [2.05, 4.69) is 4.74 Å². The van der Waals surface area contributed by atoms with E-state index in [9.17, 15) is 28.2 Å². The molecule has 0 saturated heterocycles. The molecular formula is C11H10ClF3O5. The van der Waals surface area contributed by atoms with E-state index in [1.165, 1.54) is 0 Å². The number of ether oxygens (including phenoxy) is 1. The summed E-state index contributed by atoms with van der Waals surface area (Å²) >= 11 is 5.31. The predicted octanol–water partition coefficient (Wildman–Crippen LogP) is 1.92. The number of rotatable bonds is 5. The van der Waals surface area contributed by atoms with Crippen LogP contribution >= 0.6 is 11.6 Å². The van der Waals surface area contributed by atoms with E-state index in [1.807, 2.05) is 0 Å². The van der Waals surface area contributed by atoms with E-state index in [4.69, 9.17) is 16.7 Å². The lowest BCUT2D eigenvalue weighted by Crippen LogP contribution is -2.21. The molecule has 5 nitrogen and oxygen atoms in total. The van der Waals surface area contributed by atoms with E-state index in [-0.39, 0.29) is 11.4 Å². The summed E-state index contributed by atoms with van der Waals surface area (Å²) in [5, 5.41) is 27.8. The quantitative estimate of drug-likeness (QED) is 0.723. The Labute approximate surface area is 116 Å². The topological polar surface area (TPSA) is 87.0 Å². The summed E-state index contributed by atoms with van der Waals surface area (Å²) in [6.07, 6.45) is -8.11. The number of hydrogen-bond acceptors (Lipinski definition) is 4. The largest absolute Gasteiger partial charge is 0.573 e. The molecule has 1 aromatic rings. The molecule has 0 aromatic heterocycles. The van der Waals surface area contributed by atoms with Crippen molar-refractivity contribution in [1.29, 1.82) is 0 Å². The van der Waals surface area contributed by atoms with Crippen LogP contribution in [0.2, 0.25) is 0 Å². The Morgan fingerprint density at radius 3 is 2.35 bits per heavy atom. The molecule has 2 unspecified atom stereocenters. The second kappa shape index (κ2) is 6.29. The molecule has 3 N–H and O–H groups in total. The molecule has 0 saturated carbocycles. The van der Waals surface area contributed by atoms with Crippen molar-refractivity contribution in [3.63, 3.8) is 0 Å². The van der Waals surface area contributed by atoms with Crippen LogP contribution in [-0.4, -0.2) is 39.6 Å². The highest BCUT2D eigenvalue weighted by molar-refractivity contribution is 6.18. The first kappa shape index (κ1) is 16.5. The van der Waals surface area contributed by atoms with Gasteiger partial charge in [0, 0.05) is 0 Å². The van der Waals surface area contributed by atoms with Gasteiger partial charge in [0.1, 0.15) is 11.9 Å². The van der Waals surface area contributed by atoms with Crippen LogP contribution in [0.1, 0.15) is 22.0 Å². The van der Waals surface area contributed by atoms with Gasteiger partial charge in [0.05, 0.1) is 17.5 Å². The Balaban J connectivity index is 3.20. The van der Waals surface area contributed by atoms with Gasteiger partial charge in [-0.2, -0.15) is 0 Å². The van der Waals surface area contributed by atoms with Crippen LogP contribution in [-0.2, 0) is 0 Å². The lowest BCUT2D eigenvalue weighted by atomic mass is 10.0. The minimum atomic E-state index is -5.01. The van der Waals surface area contributed by atoms with Gasteiger partial charge in [-0.15, -0.1) is 24.8 Å². The fraction of sp³-hybridized carbons (Fsp3) is 0.364. The van der Waals surface area contributed by atoms with Crippen LogP contribution in [0.3, 0.4) is 0 Å². The van der Waals surface area contributed by atoms with Crippen molar-refractivity contribution in [2.24, 2.45) is 0 Å². The minimum Gasteiger partial charge on any atom is -0.478 e. The number of aromatic carboxylic acids is 1. The third-order valence-corrected chi connectivity index (χ3v) is 2.59. The molecule has 2 atom stereocenters. The van der Waals surface area contributed by atoms with Gasteiger partial charge in [-0.1, -0.05) is 0 Å². The molecule has 0 amide bonds. The smallest absolute Gasteiger partial charge is 0.478 e. The summed E-state index contributed by atoms with van der Waals surface area (Å²) < 4.78 is 40.0. The third kappa shape index (κ3) is 4.55. The number of aliphatic hydroxyl groups excluding tert-OH is 2. The van der Waals surface area contributed by atoms with Crippen LogP contribution in [0.5, 0.6) is 5.75 Å². The number of carbonyl (C=O) groups is 1. The van der Waals surface area contributed by atoms with E-state index in [0.717, 1.165) is 12.1 Å². The summed E-state index contributed by atoms with van der Waals surface area (Å²) in [5.41, 5.74) is -0.778. The van der Waals surface area contributed by atoms with E-state index in [1.54, 1.807) is 0 Å². The molecule has 1 rings (SSSR count). The lowest BCUT2D eigenvalue weighted by molar-refractivity contribution is -0.274. The molecule has 9 heteroatoms. The third-order valence-electron chi connectivity index (χ3n) is 2.27. The molecular weight excluding hydrogens is 305 g/mol. The zero-order valence-electron chi connectivity index (χ0n) is 9.76. The monoisotopic (exact) mass is 314 g/mol. The van der Waals surface area contributed by atoms with Crippen LogP contribution < -0.4 is 4.74 Å². The molecule has 0 spiro atoms. The van der Waals surface area contributed by atoms with Crippen molar-refractivity contribution < 1.29 is 38.0 Å². The van der Waals surface area contributed by atoms with E-state index < -0.39 is 35.9 Å². The standard InChI is InChI=1S/C11H10ClF3O5/c12-4-8(16)9(17)5-1-6(10(18)19)3-7(2-5)20-11(13,14)15/h1-3,8-9,16-17H,4H2,(H,18,19). The number of carboxylic acids is 1. The van der Waals surface area contributed by atoms with Gasteiger partial charge in [-0.3, -0.25) is 0 Å². The van der Waals surface area contributed by atoms with Gasteiger partial charge in [0.25, 0.3) is 0 Å². The van der Waals surface area contributed by atoms with Gasteiger partial charge in [-0.05, 0) is 23.8 Å². The van der Waals surface area contributed by atoms with Crippen LogP contribution in [0.4, 0.5) is 13.2 Å². The molecule has 0 fully saturated rings. The molecule has 0 aliphatic heterocycles. The molecule has 0 radical (unpaired) electrons. The fourth-order valence-corrected chi connectivity index (χ4v) is 1.58. The van der Waals surface area contributed by atoms with Crippen LogP contribution in [0, 0.1) is 0 Å². The van der Waals surface area contributed by atoms with E-state index >= 15 is 0 Å². The number of carboxylic acid groups (broad SMARTS) is 1. The Hall–Kier alpha value is -1.51. The van der Waals surface area contributed by atoms with Crippen molar-refractivity contribution in [2.45, 2.75) is 18.6 Å². The molecule has 0 aliphatic rings. The molecule has 0 heterocycles. The van der Waals surface area contributed by atoms with E-state index in [0.29, 0.717) is 6.07 Å². The van der Waals surface area contributed by atoms with Crippen LogP contribution in [0.15, 0.2) is 18.2 Å². The Morgan fingerprint density at radius 1 is 1.30 bits per heavy atom. The highest BCUT2D eigenvalue weighted by atomic mass is 35.5. The minimum absolute atomic E-state index is 0.252. The Bertz CT molecular complexity index is 491. The Morgan fingerprint density at radius 2 is 1.90 bits per heavy atom. The van der Waals surface area contributed by atoms with Crippen molar-refractivity contribution in [1.82, 2.24) is 0 Å². The zero-order valence-corrected chi connectivity index (χ0v) is 10.5. The molecule has 20 heavy (non-hydrogen) atoms. The first-order valence-corrected chi connectivity index (χ1v) is 5.73. The summed E-state index contributed by atoms with van der Waals surface area (Å²) in [5.74, 6) is -2.70. The summed E-state index contributed by atoms with van der Waals surface area (Å²) in [4.78, 5) is 10.8. The second-order valence-corrected chi connectivity index (χ2v) is 4.12. The molecule has 0 bridgehead atoms. The first-order valence-electron chi connectivity index (χ1n) is 5.20. The van der Waals surface area contributed by atoms with Gasteiger partial charge in [-0.25, -0.2) is 4.79 Å². The fourth-order valence-electron chi connectivity index (χ4n) is 1.42. The molecule has 112 valence electrons. The lowest BCUT2D eigenvalue weighted by Gasteiger charge is -2.18. The van der Waals surface area contributed by atoms with Crippen molar-refractivity contribution in [3.05, 3.63) is 29.3 Å². The van der Waals surface area contributed by atoms with Crippen LogP contribution in [0.25, 0.3) is 0 Å². The average Bonchev–Trinajstić information content (AvgIpc) is 2.34. The van der Waals surface area contributed by atoms with Gasteiger partial charge in [0.2, 0.25) is 0 Å². The Kier molecular flexibility index (Phi) is 5.21. The molecule has 0 aliphatic carbocycles. The zero-order chi connectivity index (χ0) is 15.5. The normalized spacial score (nSPS) is 14.7. The number of halogens is 4. The second-order valence-electron chi connectivity index (χ2n) is 3.81. The number of hydrogen-bond donors (Lipinski definition) is 3. The highest BCUT2D eigenvalue weighted by Gasteiger charge is 2.32. The van der Waals surface area contributed by atoms with Gasteiger partial charge >= 0.3 is 12.3 Å². The van der Waals surface area contributed by atoms with Crippen molar-refractivity contribution >= 4 is 17.6 Å². The highest BCUT2D eigenvalue weighted by Crippen LogP contribution is 2.28. The maximum absolute atomic E-state index is 12.1. The summed E-state index contributed by atoms with van der Waals surface area (Å²) in [6.45, 7) is 0. The maximum Gasteiger partial charge on any atom is 0.573 e. The SMILES string of the molecule is O=C(O)c1cc(OC(F)(F)F)cc(C(O)C(O)CCl)c1. The first-order chi connectivity index (χ1) is 9.14. The summed E-state index contributed by atoms with van der Waals surface area (Å²) in [6, 6.07) is 2.35.